The minimum Gasteiger partial charge on any atom is -0.497 e. The molecule has 26 heavy (non-hydrogen) atoms. The Morgan fingerprint density at radius 2 is 2.04 bits per heavy atom. The molecule has 0 spiro atoms. The van der Waals surface area contributed by atoms with Crippen LogP contribution in [0.15, 0.2) is 36.7 Å². The van der Waals surface area contributed by atoms with E-state index >= 15 is 0 Å². The van der Waals surface area contributed by atoms with E-state index in [1.807, 2.05) is 50.8 Å². The highest BCUT2D eigenvalue weighted by molar-refractivity contribution is 5.80. The fourth-order valence-corrected chi connectivity index (χ4v) is 3.29. The molecule has 1 aliphatic rings. The number of carbonyl (C=O) groups is 1. The van der Waals surface area contributed by atoms with E-state index in [0.29, 0.717) is 19.7 Å². The van der Waals surface area contributed by atoms with Gasteiger partial charge in [0.05, 0.1) is 25.8 Å². The third-order valence-electron chi connectivity index (χ3n) is 4.82. The Kier molecular flexibility index (Phi) is 5.78. The molecule has 1 fully saturated rings. The molecule has 2 aromatic rings. The number of aromatic nitrogens is 2. The lowest BCUT2D eigenvalue weighted by Gasteiger charge is -2.24. The van der Waals surface area contributed by atoms with E-state index in [1.54, 1.807) is 16.7 Å². The molecule has 1 saturated heterocycles. The summed E-state index contributed by atoms with van der Waals surface area (Å²) >= 11 is 0. The van der Waals surface area contributed by atoms with Crippen LogP contribution in [0.5, 0.6) is 11.5 Å². The smallest absolute Gasteiger partial charge is 0.227 e. The van der Waals surface area contributed by atoms with Crippen molar-refractivity contribution < 1.29 is 14.3 Å². The Bertz CT molecular complexity index is 729. The fourth-order valence-electron chi connectivity index (χ4n) is 3.29. The summed E-state index contributed by atoms with van der Waals surface area (Å²) in [7, 11) is 5.36. The lowest BCUT2D eigenvalue weighted by atomic mass is 9.90. The topological polar surface area (TPSA) is 68.6 Å². The fraction of sp³-hybridized carbons (Fsp3) is 0.474. The standard InChI is InChI=1S/C19H26N4O3/c1-22(8-9-26-16-6-4-15(25-3)5-7-16)19(24)18-12-20-11-17(18)14-10-21-23(2)13-14/h4-7,10,13,17-18,20H,8-9,11-12H2,1-3H3/t17-,18+/m1/s1. The van der Waals surface area contributed by atoms with Gasteiger partial charge >= 0.3 is 0 Å². The number of amides is 1. The van der Waals surface area contributed by atoms with E-state index in [0.717, 1.165) is 23.6 Å². The summed E-state index contributed by atoms with van der Waals surface area (Å²) in [4.78, 5) is 14.6. The maximum Gasteiger partial charge on any atom is 0.227 e. The van der Waals surface area contributed by atoms with Gasteiger partial charge in [-0.25, -0.2) is 0 Å². The Morgan fingerprint density at radius 1 is 1.31 bits per heavy atom. The number of benzene rings is 1. The van der Waals surface area contributed by atoms with Crippen molar-refractivity contribution in [1.82, 2.24) is 20.0 Å². The number of nitrogens with zero attached hydrogens (tertiary/aromatic N) is 3. The normalized spacial score (nSPS) is 19.3. The molecule has 0 bridgehead atoms. The Labute approximate surface area is 153 Å². The monoisotopic (exact) mass is 358 g/mol. The van der Waals surface area contributed by atoms with Crippen LogP contribution in [0.1, 0.15) is 11.5 Å². The number of methoxy groups -OCH3 is 1. The molecule has 2 atom stereocenters. The zero-order valence-electron chi connectivity index (χ0n) is 15.5. The summed E-state index contributed by atoms with van der Waals surface area (Å²) in [5, 5.41) is 7.56. The summed E-state index contributed by atoms with van der Waals surface area (Å²) in [6.07, 6.45) is 3.84. The minimum atomic E-state index is -0.0646. The van der Waals surface area contributed by atoms with Crippen LogP contribution in [-0.4, -0.2) is 61.0 Å². The van der Waals surface area contributed by atoms with Gasteiger partial charge in [-0.15, -0.1) is 0 Å². The first kappa shape index (κ1) is 18.3. The summed E-state index contributed by atoms with van der Waals surface area (Å²) < 4.78 is 12.6. The van der Waals surface area contributed by atoms with Gasteiger partial charge < -0.3 is 19.7 Å². The number of carbonyl (C=O) groups excluding carboxylic acids is 1. The Hall–Kier alpha value is -2.54. The lowest BCUT2D eigenvalue weighted by molar-refractivity contribution is -0.134. The average molecular weight is 358 g/mol. The molecule has 0 radical (unpaired) electrons. The number of likely N-dealkylation sites (N-methyl/N-ethyl adjacent to an activating group) is 1. The molecular formula is C19H26N4O3. The average Bonchev–Trinajstić information content (AvgIpc) is 3.30. The number of hydrogen-bond donors (Lipinski definition) is 1. The van der Waals surface area contributed by atoms with Crippen LogP contribution in [0.25, 0.3) is 0 Å². The van der Waals surface area contributed by atoms with Crippen molar-refractivity contribution in [2.75, 3.05) is 40.4 Å². The molecule has 1 aromatic carbocycles. The third-order valence-corrected chi connectivity index (χ3v) is 4.82. The van der Waals surface area contributed by atoms with Crippen LogP contribution in [0.2, 0.25) is 0 Å². The molecule has 3 rings (SSSR count). The SMILES string of the molecule is COc1ccc(OCCN(C)C(=O)[C@H]2CNC[C@@H]2c2cnn(C)c2)cc1. The third kappa shape index (κ3) is 4.16. The molecule has 2 heterocycles. The predicted molar refractivity (Wildman–Crippen MR) is 98.4 cm³/mol. The minimum absolute atomic E-state index is 0.0646. The first-order valence-electron chi connectivity index (χ1n) is 8.79. The van der Waals surface area contributed by atoms with Crippen molar-refractivity contribution in [2.24, 2.45) is 13.0 Å². The van der Waals surface area contributed by atoms with Gasteiger partial charge in [0.25, 0.3) is 0 Å². The van der Waals surface area contributed by atoms with Crippen molar-refractivity contribution in [3.8, 4) is 11.5 Å². The van der Waals surface area contributed by atoms with Crippen molar-refractivity contribution >= 4 is 5.91 Å². The predicted octanol–water partition coefficient (Wildman–Crippen LogP) is 1.27. The van der Waals surface area contributed by atoms with E-state index in [-0.39, 0.29) is 17.7 Å². The molecule has 140 valence electrons. The van der Waals surface area contributed by atoms with Crippen molar-refractivity contribution in [3.05, 3.63) is 42.2 Å². The van der Waals surface area contributed by atoms with Gasteiger partial charge in [-0.3, -0.25) is 9.48 Å². The number of aryl methyl sites for hydroxylation is 1. The lowest BCUT2D eigenvalue weighted by Crippen LogP contribution is -2.38. The highest BCUT2D eigenvalue weighted by Crippen LogP contribution is 2.29. The Morgan fingerprint density at radius 3 is 2.69 bits per heavy atom. The molecule has 7 heteroatoms. The quantitative estimate of drug-likeness (QED) is 0.807. The van der Waals surface area contributed by atoms with Crippen LogP contribution in [0.4, 0.5) is 0 Å². The zero-order chi connectivity index (χ0) is 18.5. The van der Waals surface area contributed by atoms with Gasteiger partial charge in [0, 0.05) is 39.3 Å². The summed E-state index contributed by atoms with van der Waals surface area (Å²) in [5.41, 5.74) is 1.11. The van der Waals surface area contributed by atoms with E-state index < -0.39 is 0 Å². The molecule has 1 aliphatic heterocycles. The van der Waals surface area contributed by atoms with E-state index in [2.05, 4.69) is 10.4 Å². The summed E-state index contributed by atoms with van der Waals surface area (Å²) in [6, 6.07) is 7.43. The summed E-state index contributed by atoms with van der Waals surface area (Å²) in [6.45, 7) is 2.49. The van der Waals surface area contributed by atoms with Gasteiger partial charge in [-0.2, -0.15) is 5.10 Å². The molecule has 7 nitrogen and oxygen atoms in total. The van der Waals surface area contributed by atoms with Gasteiger partial charge in [-0.05, 0) is 29.8 Å². The van der Waals surface area contributed by atoms with E-state index in [9.17, 15) is 4.79 Å². The van der Waals surface area contributed by atoms with Crippen molar-refractivity contribution in [3.63, 3.8) is 0 Å². The second-order valence-electron chi connectivity index (χ2n) is 6.60. The largest absolute Gasteiger partial charge is 0.497 e. The van der Waals surface area contributed by atoms with Gasteiger partial charge in [0.15, 0.2) is 0 Å². The zero-order valence-corrected chi connectivity index (χ0v) is 15.5. The van der Waals surface area contributed by atoms with E-state index in [4.69, 9.17) is 9.47 Å². The molecule has 1 aromatic heterocycles. The van der Waals surface area contributed by atoms with Crippen LogP contribution in [0.3, 0.4) is 0 Å². The van der Waals surface area contributed by atoms with Crippen molar-refractivity contribution in [1.29, 1.82) is 0 Å². The highest BCUT2D eigenvalue weighted by Gasteiger charge is 2.36. The molecule has 1 amide bonds. The molecule has 1 N–H and O–H groups in total. The molecule has 0 unspecified atom stereocenters. The molecule has 0 aliphatic carbocycles. The maximum atomic E-state index is 12.8. The number of ether oxygens (including phenoxy) is 2. The van der Waals surface area contributed by atoms with Crippen molar-refractivity contribution in [2.45, 2.75) is 5.92 Å². The number of rotatable bonds is 7. The van der Waals surface area contributed by atoms with Gasteiger partial charge in [0.1, 0.15) is 18.1 Å². The second-order valence-corrected chi connectivity index (χ2v) is 6.60. The first-order valence-corrected chi connectivity index (χ1v) is 8.79. The second kappa shape index (κ2) is 8.23. The highest BCUT2D eigenvalue weighted by atomic mass is 16.5. The first-order chi connectivity index (χ1) is 12.6. The Balaban J connectivity index is 1.51. The van der Waals surface area contributed by atoms with Crippen LogP contribution >= 0.6 is 0 Å². The van der Waals surface area contributed by atoms with Crippen LogP contribution in [-0.2, 0) is 11.8 Å². The molecular weight excluding hydrogens is 332 g/mol. The number of nitrogens with one attached hydrogen (secondary N) is 1. The van der Waals surface area contributed by atoms with Gasteiger partial charge in [-0.1, -0.05) is 0 Å². The molecule has 0 saturated carbocycles. The van der Waals surface area contributed by atoms with E-state index in [1.165, 1.54) is 0 Å². The van der Waals surface area contributed by atoms with Crippen LogP contribution < -0.4 is 14.8 Å². The van der Waals surface area contributed by atoms with Gasteiger partial charge in [0.2, 0.25) is 5.91 Å². The maximum absolute atomic E-state index is 12.8. The summed E-state index contributed by atoms with van der Waals surface area (Å²) in [5.74, 6) is 1.80. The number of hydrogen-bond acceptors (Lipinski definition) is 5. The van der Waals surface area contributed by atoms with Crippen LogP contribution in [0, 0.1) is 5.92 Å².